The summed E-state index contributed by atoms with van der Waals surface area (Å²) in [5, 5.41) is 6.92. The quantitative estimate of drug-likeness (QED) is 0.716. The number of rotatable bonds is 2. The third kappa shape index (κ3) is 2.92. The van der Waals surface area contributed by atoms with Crippen LogP contribution >= 0.6 is 11.7 Å². The molecular formula is C8H13N3S. The van der Waals surface area contributed by atoms with Gasteiger partial charge in [0.1, 0.15) is 11.4 Å². The van der Waals surface area contributed by atoms with E-state index in [1.54, 1.807) is 0 Å². The monoisotopic (exact) mass is 183 g/mol. The highest BCUT2D eigenvalue weighted by molar-refractivity contribution is 6.99. The van der Waals surface area contributed by atoms with Crippen molar-refractivity contribution >= 4 is 24.0 Å². The van der Waals surface area contributed by atoms with Crippen molar-refractivity contribution in [2.45, 2.75) is 20.8 Å². The lowest BCUT2D eigenvalue weighted by molar-refractivity contribution is 1.41. The maximum absolute atomic E-state index is 6.92. The van der Waals surface area contributed by atoms with Gasteiger partial charge in [-0.05, 0) is 13.0 Å². The Morgan fingerprint density at radius 2 is 1.83 bits per heavy atom. The van der Waals surface area contributed by atoms with Crippen LogP contribution in [0.15, 0.2) is 6.08 Å². The number of hydrogen-bond acceptors (Lipinski definition) is 4. The Hall–Kier alpha value is -1.03. The van der Waals surface area contributed by atoms with Crippen LogP contribution in [0.2, 0.25) is 0 Å². The molecule has 0 aliphatic rings. The average Bonchev–Trinajstić information content (AvgIpc) is 2.56. The third-order valence-electron chi connectivity index (χ3n) is 1.00. The standard InChI is InChI=1S/C6H7N3S.C2H6/c1-2-3-5-6(4-7)9-10-8-5;1-2/h2-4,7H,1H3;1-2H3/b3-2-,7-4?;. The van der Waals surface area contributed by atoms with Crippen molar-refractivity contribution in [1.29, 1.82) is 5.41 Å². The maximum Gasteiger partial charge on any atom is 0.122 e. The number of nitrogens with zero attached hydrogens (tertiary/aromatic N) is 2. The zero-order chi connectivity index (χ0) is 9.40. The fourth-order valence-electron chi connectivity index (χ4n) is 0.576. The topological polar surface area (TPSA) is 49.6 Å². The van der Waals surface area contributed by atoms with E-state index >= 15 is 0 Å². The van der Waals surface area contributed by atoms with Gasteiger partial charge in [-0.3, -0.25) is 0 Å². The minimum Gasteiger partial charge on any atom is -0.306 e. The van der Waals surface area contributed by atoms with Gasteiger partial charge in [0.15, 0.2) is 0 Å². The van der Waals surface area contributed by atoms with E-state index in [4.69, 9.17) is 5.41 Å². The molecule has 1 aromatic heterocycles. The number of allylic oxidation sites excluding steroid dienone is 1. The first-order valence-electron chi connectivity index (χ1n) is 3.84. The van der Waals surface area contributed by atoms with Gasteiger partial charge in [0.2, 0.25) is 0 Å². The Balaban J connectivity index is 0.000000561. The van der Waals surface area contributed by atoms with Crippen molar-refractivity contribution in [3.05, 3.63) is 17.5 Å². The van der Waals surface area contributed by atoms with Gasteiger partial charge in [-0.15, -0.1) is 0 Å². The van der Waals surface area contributed by atoms with Gasteiger partial charge in [0.25, 0.3) is 0 Å². The highest BCUT2D eigenvalue weighted by atomic mass is 32.1. The van der Waals surface area contributed by atoms with Gasteiger partial charge in [0.05, 0.1) is 11.7 Å². The molecule has 4 heteroatoms. The van der Waals surface area contributed by atoms with Crippen LogP contribution in [0.4, 0.5) is 0 Å². The van der Waals surface area contributed by atoms with Crippen molar-refractivity contribution in [2.24, 2.45) is 0 Å². The minimum absolute atomic E-state index is 0.642. The second-order valence-electron chi connectivity index (χ2n) is 1.68. The smallest absolute Gasteiger partial charge is 0.122 e. The molecule has 12 heavy (non-hydrogen) atoms. The Morgan fingerprint density at radius 1 is 1.25 bits per heavy atom. The molecule has 0 aromatic carbocycles. The fourth-order valence-corrected chi connectivity index (χ4v) is 1.09. The van der Waals surface area contributed by atoms with Crippen LogP contribution < -0.4 is 0 Å². The molecule has 0 spiro atoms. The van der Waals surface area contributed by atoms with Crippen LogP contribution in [0.5, 0.6) is 0 Å². The molecule has 0 fully saturated rings. The van der Waals surface area contributed by atoms with Gasteiger partial charge in [-0.25, -0.2) is 0 Å². The summed E-state index contributed by atoms with van der Waals surface area (Å²) in [5.41, 5.74) is 1.42. The van der Waals surface area contributed by atoms with E-state index in [0.29, 0.717) is 5.69 Å². The molecule has 0 saturated carbocycles. The lowest BCUT2D eigenvalue weighted by Gasteiger charge is -1.81. The van der Waals surface area contributed by atoms with Crippen molar-refractivity contribution in [3.8, 4) is 0 Å². The molecule has 0 aliphatic carbocycles. The third-order valence-corrected chi connectivity index (χ3v) is 1.56. The molecular weight excluding hydrogens is 170 g/mol. The maximum atomic E-state index is 6.92. The molecule has 66 valence electrons. The summed E-state index contributed by atoms with van der Waals surface area (Å²) in [6, 6.07) is 0. The lowest BCUT2D eigenvalue weighted by atomic mass is 10.3. The first-order valence-corrected chi connectivity index (χ1v) is 4.57. The van der Waals surface area contributed by atoms with Crippen LogP contribution in [-0.2, 0) is 0 Å². The zero-order valence-corrected chi connectivity index (χ0v) is 8.35. The molecule has 1 rings (SSSR count). The summed E-state index contributed by atoms with van der Waals surface area (Å²) in [7, 11) is 0. The van der Waals surface area contributed by atoms with Crippen LogP contribution in [0, 0.1) is 5.41 Å². The summed E-state index contributed by atoms with van der Waals surface area (Å²) >= 11 is 1.13. The van der Waals surface area contributed by atoms with Gasteiger partial charge < -0.3 is 5.41 Å². The molecule has 0 amide bonds. The minimum atomic E-state index is 0.642. The van der Waals surface area contributed by atoms with Crippen molar-refractivity contribution < 1.29 is 0 Å². The predicted molar refractivity (Wildman–Crippen MR) is 53.9 cm³/mol. The number of hydrogen-bond donors (Lipinski definition) is 1. The Kier molecular flexibility index (Phi) is 6.09. The first kappa shape index (κ1) is 11.0. The SMILES string of the molecule is C/C=C\c1nsnc1C=N.CC. The Labute approximate surface area is 77.0 Å². The van der Waals surface area contributed by atoms with Crippen molar-refractivity contribution in [2.75, 3.05) is 0 Å². The summed E-state index contributed by atoms with van der Waals surface area (Å²) < 4.78 is 7.86. The average molecular weight is 183 g/mol. The van der Waals surface area contributed by atoms with E-state index in [0.717, 1.165) is 17.4 Å². The highest BCUT2D eigenvalue weighted by Gasteiger charge is 1.98. The van der Waals surface area contributed by atoms with Crippen LogP contribution in [-0.4, -0.2) is 15.0 Å². The number of aromatic nitrogens is 2. The zero-order valence-electron chi connectivity index (χ0n) is 7.53. The molecule has 1 heterocycles. The number of nitrogens with one attached hydrogen (secondary N) is 1. The van der Waals surface area contributed by atoms with E-state index in [2.05, 4.69) is 8.75 Å². The second-order valence-corrected chi connectivity index (χ2v) is 2.21. The summed E-state index contributed by atoms with van der Waals surface area (Å²) in [6.45, 7) is 5.91. The fraction of sp³-hybridized carbons (Fsp3) is 0.375. The molecule has 0 radical (unpaired) electrons. The van der Waals surface area contributed by atoms with E-state index in [1.165, 1.54) is 6.21 Å². The van der Waals surface area contributed by atoms with Crippen molar-refractivity contribution in [1.82, 2.24) is 8.75 Å². The van der Waals surface area contributed by atoms with E-state index < -0.39 is 0 Å². The van der Waals surface area contributed by atoms with E-state index in [1.807, 2.05) is 32.9 Å². The Morgan fingerprint density at radius 3 is 2.33 bits per heavy atom. The molecule has 3 nitrogen and oxygen atoms in total. The van der Waals surface area contributed by atoms with Crippen LogP contribution in [0.3, 0.4) is 0 Å². The summed E-state index contributed by atoms with van der Waals surface area (Å²) in [5.74, 6) is 0. The lowest BCUT2D eigenvalue weighted by Crippen LogP contribution is -1.81. The molecule has 0 unspecified atom stereocenters. The predicted octanol–water partition coefficient (Wildman–Crippen LogP) is 2.60. The molecule has 1 N–H and O–H groups in total. The molecule has 0 atom stereocenters. The molecule has 1 aromatic rings. The van der Waals surface area contributed by atoms with Gasteiger partial charge in [-0.1, -0.05) is 19.9 Å². The summed E-state index contributed by atoms with van der Waals surface area (Å²) in [6.07, 6.45) is 4.92. The van der Waals surface area contributed by atoms with Gasteiger partial charge in [-0.2, -0.15) is 8.75 Å². The Bertz CT molecular complexity index is 253. The van der Waals surface area contributed by atoms with E-state index in [-0.39, 0.29) is 0 Å². The van der Waals surface area contributed by atoms with Crippen LogP contribution in [0.25, 0.3) is 6.08 Å². The normalized spacial score (nSPS) is 9.25. The summed E-state index contributed by atoms with van der Waals surface area (Å²) in [4.78, 5) is 0. The highest BCUT2D eigenvalue weighted by Crippen LogP contribution is 2.04. The molecule has 0 saturated heterocycles. The second kappa shape index (κ2) is 6.67. The van der Waals surface area contributed by atoms with Crippen LogP contribution in [0.1, 0.15) is 32.2 Å². The molecule has 0 bridgehead atoms. The first-order chi connectivity index (χ1) is 5.88. The van der Waals surface area contributed by atoms with Gasteiger partial charge in [0, 0.05) is 6.21 Å². The molecule has 0 aliphatic heterocycles. The van der Waals surface area contributed by atoms with Gasteiger partial charge >= 0.3 is 0 Å². The largest absolute Gasteiger partial charge is 0.306 e. The van der Waals surface area contributed by atoms with Crippen molar-refractivity contribution in [3.63, 3.8) is 0 Å². The van der Waals surface area contributed by atoms with E-state index in [9.17, 15) is 0 Å².